The molecule has 23 heavy (non-hydrogen) atoms. The number of halogens is 3. The Morgan fingerprint density at radius 3 is 2.26 bits per heavy atom. The second kappa shape index (κ2) is 9.13. The lowest BCUT2D eigenvalue weighted by Gasteiger charge is -2.27. The monoisotopic (exact) mass is 330 g/mol. The van der Waals surface area contributed by atoms with Crippen molar-refractivity contribution in [3.8, 4) is 5.75 Å². The standard InChI is InChI=1S/C17H25F3N2O/c18-17(19,20)23-16-8-6-15(7-9-16)5-3-1-2-4-12-22-13-10-21-11-14-22/h6-9,21H,1-5,10-14H2. The first-order valence-electron chi connectivity index (χ1n) is 8.31. The number of nitrogens with zero attached hydrogens (tertiary/aromatic N) is 1. The Hall–Kier alpha value is -1.27. The molecule has 2 rings (SSSR count). The minimum absolute atomic E-state index is 0.155. The van der Waals surface area contributed by atoms with Crippen LogP contribution in [0.15, 0.2) is 24.3 Å². The predicted molar refractivity (Wildman–Crippen MR) is 84.6 cm³/mol. The van der Waals surface area contributed by atoms with Crippen LogP contribution in [0.25, 0.3) is 0 Å². The van der Waals surface area contributed by atoms with E-state index in [2.05, 4.69) is 15.0 Å². The third-order valence-electron chi connectivity index (χ3n) is 4.06. The van der Waals surface area contributed by atoms with Crippen LogP contribution in [0.1, 0.15) is 31.2 Å². The summed E-state index contributed by atoms with van der Waals surface area (Å²) < 4.78 is 40.1. The largest absolute Gasteiger partial charge is 0.573 e. The summed E-state index contributed by atoms with van der Waals surface area (Å²) in [7, 11) is 0. The van der Waals surface area contributed by atoms with Gasteiger partial charge in [-0.15, -0.1) is 13.2 Å². The Bertz CT molecular complexity index is 442. The van der Waals surface area contributed by atoms with Gasteiger partial charge in [-0.25, -0.2) is 0 Å². The molecule has 1 fully saturated rings. The summed E-state index contributed by atoms with van der Waals surface area (Å²) in [5.41, 5.74) is 1.06. The van der Waals surface area contributed by atoms with Gasteiger partial charge in [-0.1, -0.05) is 25.0 Å². The van der Waals surface area contributed by atoms with Gasteiger partial charge < -0.3 is 15.0 Å². The van der Waals surface area contributed by atoms with Crippen molar-refractivity contribution in [3.05, 3.63) is 29.8 Å². The van der Waals surface area contributed by atoms with Crippen molar-refractivity contribution in [2.24, 2.45) is 0 Å². The molecule has 1 aliphatic heterocycles. The maximum absolute atomic E-state index is 12.1. The van der Waals surface area contributed by atoms with Gasteiger partial charge in [0.2, 0.25) is 0 Å². The number of benzene rings is 1. The van der Waals surface area contributed by atoms with Crippen LogP contribution in [0, 0.1) is 0 Å². The van der Waals surface area contributed by atoms with E-state index in [-0.39, 0.29) is 5.75 Å². The predicted octanol–water partition coefficient (Wildman–Crippen LogP) is 3.59. The minimum atomic E-state index is -4.62. The van der Waals surface area contributed by atoms with Crippen LogP contribution in [-0.2, 0) is 6.42 Å². The lowest BCUT2D eigenvalue weighted by molar-refractivity contribution is -0.274. The second-order valence-corrected chi connectivity index (χ2v) is 5.95. The number of unbranched alkanes of at least 4 members (excludes halogenated alkanes) is 3. The van der Waals surface area contributed by atoms with Gasteiger partial charge in [0.25, 0.3) is 0 Å². The molecule has 3 nitrogen and oxygen atoms in total. The average Bonchev–Trinajstić information content (AvgIpc) is 2.52. The lowest BCUT2D eigenvalue weighted by Crippen LogP contribution is -2.43. The van der Waals surface area contributed by atoms with E-state index in [9.17, 15) is 13.2 Å². The quantitative estimate of drug-likeness (QED) is 0.737. The first-order valence-corrected chi connectivity index (χ1v) is 8.31. The zero-order valence-electron chi connectivity index (χ0n) is 13.4. The third-order valence-corrected chi connectivity index (χ3v) is 4.06. The van der Waals surface area contributed by atoms with Crippen molar-refractivity contribution >= 4 is 0 Å². The molecule has 1 aromatic carbocycles. The first-order chi connectivity index (χ1) is 11.0. The molecular weight excluding hydrogens is 305 g/mol. The van der Waals surface area contributed by atoms with Gasteiger partial charge in [0.05, 0.1) is 0 Å². The fraction of sp³-hybridized carbons (Fsp3) is 0.647. The van der Waals surface area contributed by atoms with Crippen LogP contribution in [0.2, 0.25) is 0 Å². The number of nitrogens with one attached hydrogen (secondary N) is 1. The number of ether oxygens (including phenoxy) is 1. The molecule has 1 saturated heterocycles. The summed E-state index contributed by atoms with van der Waals surface area (Å²) in [5, 5.41) is 3.35. The topological polar surface area (TPSA) is 24.5 Å². The van der Waals surface area contributed by atoms with Crippen molar-refractivity contribution < 1.29 is 17.9 Å². The molecule has 0 saturated carbocycles. The molecule has 1 aliphatic rings. The Kier molecular flexibility index (Phi) is 7.17. The Morgan fingerprint density at radius 2 is 1.61 bits per heavy atom. The summed E-state index contributed by atoms with van der Waals surface area (Å²) in [6.07, 6.45) is 0.942. The molecule has 1 heterocycles. The van der Waals surface area contributed by atoms with Gasteiger partial charge in [0.1, 0.15) is 5.75 Å². The molecular formula is C17H25F3N2O. The van der Waals surface area contributed by atoms with Gasteiger partial charge >= 0.3 is 6.36 Å². The number of alkyl halides is 3. The molecule has 0 radical (unpaired) electrons. The van der Waals surface area contributed by atoms with Crippen LogP contribution in [-0.4, -0.2) is 44.0 Å². The molecule has 1 N–H and O–H groups in total. The van der Waals surface area contributed by atoms with Gasteiger partial charge in [0, 0.05) is 26.2 Å². The molecule has 0 aliphatic carbocycles. The van der Waals surface area contributed by atoms with E-state index in [1.807, 2.05) is 0 Å². The molecule has 0 amide bonds. The van der Waals surface area contributed by atoms with Gasteiger partial charge in [-0.2, -0.15) is 0 Å². The zero-order chi connectivity index (χ0) is 16.5. The highest BCUT2D eigenvalue weighted by atomic mass is 19.4. The van der Waals surface area contributed by atoms with Crippen LogP contribution >= 0.6 is 0 Å². The number of rotatable bonds is 8. The van der Waals surface area contributed by atoms with Gasteiger partial charge in [-0.3, -0.25) is 0 Å². The van der Waals surface area contributed by atoms with Crippen molar-refractivity contribution in [1.82, 2.24) is 10.2 Å². The minimum Gasteiger partial charge on any atom is -0.406 e. The highest BCUT2D eigenvalue weighted by Crippen LogP contribution is 2.23. The summed E-state index contributed by atoms with van der Waals surface area (Å²) >= 11 is 0. The molecule has 0 spiro atoms. The number of piperazine rings is 1. The Balaban J connectivity index is 1.55. The number of hydrogen-bond donors (Lipinski definition) is 1. The molecule has 1 aromatic rings. The van der Waals surface area contributed by atoms with Crippen molar-refractivity contribution in [2.45, 2.75) is 38.5 Å². The second-order valence-electron chi connectivity index (χ2n) is 5.95. The van der Waals surface area contributed by atoms with E-state index in [0.717, 1.165) is 51.0 Å². The van der Waals surface area contributed by atoms with E-state index in [4.69, 9.17) is 0 Å². The van der Waals surface area contributed by atoms with Crippen LogP contribution < -0.4 is 10.1 Å². The zero-order valence-corrected chi connectivity index (χ0v) is 13.4. The Morgan fingerprint density at radius 1 is 0.957 bits per heavy atom. The maximum atomic E-state index is 12.1. The SMILES string of the molecule is FC(F)(F)Oc1ccc(CCCCCCN2CCNCC2)cc1. The Labute approximate surface area is 135 Å². The van der Waals surface area contributed by atoms with E-state index in [0.29, 0.717) is 0 Å². The first kappa shape index (κ1) is 18.1. The maximum Gasteiger partial charge on any atom is 0.573 e. The van der Waals surface area contributed by atoms with Gasteiger partial charge in [-0.05, 0) is 43.5 Å². The highest BCUT2D eigenvalue weighted by Gasteiger charge is 2.30. The van der Waals surface area contributed by atoms with Crippen LogP contribution in [0.4, 0.5) is 13.2 Å². The summed E-state index contributed by atoms with van der Waals surface area (Å²) in [5.74, 6) is -0.155. The summed E-state index contributed by atoms with van der Waals surface area (Å²) in [4.78, 5) is 2.50. The summed E-state index contributed by atoms with van der Waals surface area (Å²) in [6, 6.07) is 6.18. The summed E-state index contributed by atoms with van der Waals surface area (Å²) in [6.45, 7) is 5.64. The van der Waals surface area contributed by atoms with Crippen LogP contribution in [0.5, 0.6) is 5.75 Å². The molecule has 0 aromatic heterocycles. The number of hydrogen-bond acceptors (Lipinski definition) is 3. The van der Waals surface area contributed by atoms with Crippen LogP contribution in [0.3, 0.4) is 0 Å². The molecule has 0 atom stereocenters. The van der Waals surface area contributed by atoms with Crippen molar-refractivity contribution in [2.75, 3.05) is 32.7 Å². The smallest absolute Gasteiger partial charge is 0.406 e. The fourth-order valence-electron chi connectivity index (χ4n) is 2.81. The van der Waals surface area contributed by atoms with E-state index in [1.165, 1.54) is 31.5 Å². The van der Waals surface area contributed by atoms with E-state index < -0.39 is 6.36 Å². The number of aryl methyl sites for hydroxylation is 1. The fourth-order valence-corrected chi connectivity index (χ4v) is 2.81. The van der Waals surface area contributed by atoms with Gasteiger partial charge in [0.15, 0.2) is 0 Å². The molecule has 0 unspecified atom stereocenters. The van der Waals surface area contributed by atoms with Crippen molar-refractivity contribution in [3.63, 3.8) is 0 Å². The average molecular weight is 330 g/mol. The lowest BCUT2D eigenvalue weighted by atomic mass is 10.1. The van der Waals surface area contributed by atoms with E-state index in [1.54, 1.807) is 12.1 Å². The molecule has 130 valence electrons. The third kappa shape index (κ3) is 7.70. The molecule has 0 bridgehead atoms. The molecule has 6 heteroatoms. The highest BCUT2D eigenvalue weighted by molar-refractivity contribution is 5.27. The normalized spacial score (nSPS) is 16.5. The van der Waals surface area contributed by atoms with Crippen molar-refractivity contribution in [1.29, 1.82) is 0 Å². The van der Waals surface area contributed by atoms with E-state index >= 15 is 0 Å².